The van der Waals surface area contributed by atoms with E-state index in [1.807, 2.05) is 0 Å². The Kier molecular flexibility index (Phi) is 4.70. The standard InChI is InChI=1S/C13H13N3O4S/c1-10-15-13(20-16-10)9-14-21(18,19)12-7-3-2-5-11(12)6-4-8-17/h2-3,5,7,14,17H,8-9H2,1H3. The third kappa shape index (κ3) is 3.88. The molecule has 0 spiro atoms. The Hall–Kier alpha value is -2.21. The van der Waals surface area contributed by atoms with Crippen molar-refractivity contribution in [2.24, 2.45) is 0 Å². The van der Waals surface area contributed by atoms with Gasteiger partial charge in [-0.05, 0) is 19.1 Å². The molecule has 0 saturated heterocycles. The van der Waals surface area contributed by atoms with Gasteiger partial charge in [0, 0.05) is 5.56 Å². The van der Waals surface area contributed by atoms with Crippen molar-refractivity contribution >= 4 is 10.0 Å². The first-order valence-corrected chi connectivity index (χ1v) is 7.49. The average Bonchev–Trinajstić information content (AvgIpc) is 2.89. The van der Waals surface area contributed by atoms with Crippen molar-refractivity contribution in [3.05, 3.63) is 41.5 Å². The van der Waals surface area contributed by atoms with Gasteiger partial charge in [0.1, 0.15) is 6.61 Å². The summed E-state index contributed by atoms with van der Waals surface area (Å²) in [6.07, 6.45) is 0. The Morgan fingerprint density at radius 3 is 2.81 bits per heavy atom. The predicted octanol–water partition coefficient (Wildman–Crippen LogP) is 0.200. The monoisotopic (exact) mass is 307 g/mol. The molecule has 0 aliphatic rings. The number of benzene rings is 1. The predicted molar refractivity (Wildman–Crippen MR) is 73.5 cm³/mol. The van der Waals surface area contributed by atoms with Gasteiger partial charge in [-0.25, -0.2) is 13.1 Å². The van der Waals surface area contributed by atoms with Crippen molar-refractivity contribution in [3.8, 4) is 11.8 Å². The normalized spacial score (nSPS) is 11.0. The van der Waals surface area contributed by atoms with Gasteiger partial charge in [-0.15, -0.1) is 0 Å². The van der Waals surface area contributed by atoms with Crippen molar-refractivity contribution in [1.29, 1.82) is 0 Å². The number of nitrogens with one attached hydrogen (secondary N) is 1. The molecule has 0 atom stereocenters. The first kappa shape index (κ1) is 15.2. The fraction of sp³-hybridized carbons (Fsp3) is 0.231. The highest BCUT2D eigenvalue weighted by molar-refractivity contribution is 7.89. The molecule has 0 saturated carbocycles. The van der Waals surface area contributed by atoms with Gasteiger partial charge in [0.2, 0.25) is 15.9 Å². The lowest BCUT2D eigenvalue weighted by molar-refractivity contribution is 0.350. The SMILES string of the molecule is Cc1noc(CNS(=O)(=O)c2ccccc2C#CCO)n1. The van der Waals surface area contributed by atoms with E-state index in [4.69, 9.17) is 9.63 Å². The third-order valence-electron chi connectivity index (χ3n) is 2.46. The first-order valence-electron chi connectivity index (χ1n) is 6.00. The minimum atomic E-state index is -3.77. The number of nitrogens with zero attached hydrogens (tertiary/aromatic N) is 2. The minimum absolute atomic E-state index is 0.0298. The van der Waals surface area contributed by atoms with Gasteiger partial charge in [0.25, 0.3) is 0 Å². The highest BCUT2D eigenvalue weighted by Gasteiger charge is 2.18. The fourth-order valence-electron chi connectivity index (χ4n) is 1.59. The lowest BCUT2D eigenvalue weighted by Gasteiger charge is -2.06. The molecule has 1 aromatic heterocycles. The summed E-state index contributed by atoms with van der Waals surface area (Å²) in [5, 5.41) is 12.3. The molecule has 1 aromatic carbocycles. The molecule has 1 heterocycles. The molecule has 110 valence electrons. The molecule has 0 aliphatic heterocycles. The Labute approximate surface area is 122 Å². The van der Waals surface area contributed by atoms with Gasteiger partial charge in [0.15, 0.2) is 5.82 Å². The van der Waals surface area contributed by atoms with Gasteiger partial charge in [-0.1, -0.05) is 29.1 Å². The zero-order valence-electron chi connectivity index (χ0n) is 11.2. The largest absolute Gasteiger partial charge is 0.384 e. The van der Waals surface area contributed by atoms with Crippen LogP contribution in [0.15, 0.2) is 33.7 Å². The minimum Gasteiger partial charge on any atom is -0.384 e. The number of aliphatic hydroxyl groups excluding tert-OH is 1. The van der Waals surface area contributed by atoms with Crippen molar-refractivity contribution < 1.29 is 18.0 Å². The molecular weight excluding hydrogens is 294 g/mol. The highest BCUT2D eigenvalue weighted by atomic mass is 32.2. The van der Waals surface area contributed by atoms with Gasteiger partial charge in [0.05, 0.1) is 11.4 Å². The van der Waals surface area contributed by atoms with Crippen LogP contribution in [0.4, 0.5) is 0 Å². The van der Waals surface area contributed by atoms with E-state index in [0.29, 0.717) is 11.4 Å². The summed E-state index contributed by atoms with van der Waals surface area (Å²) in [7, 11) is -3.77. The number of aliphatic hydroxyl groups is 1. The van der Waals surface area contributed by atoms with Crippen molar-refractivity contribution in [1.82, 2.24) is 14.9 Å². The maximum atomic E-state index is 12.3. The van der Waals surface area contributed by atoms with E-state index in [2.05, 4.69) is 26.7 Å². The maximum absolute atomic E-state index is 12.3. The molecule has 7 nitrogen and oxygen atoms in total. The number of hydrogen-bond donors (Lipinski definition) is 2. The van der Waals surface area contributed by atoms with Crippen LogP contribution >= 0.6 is 0 Å². The molecule has 0 unspecified atom stereocenters. The topological polar surface area (TPSA) is 105 Å². The number of rotatable bonds is 4. The van der Waals surface area contributed by atoms with Crippen molar-refractivity contribution in [2.75, 3.05) is 6.61 Å². The summed E-state index contributed by atoms with van der Waals surface area (Å²) < 4.78 is 31.7. The van der Waals surface area contributed by atoms with Crippen LogP contribution in [-0.2, 0) is 16.6 Å². The summed E-state index contributed by atoms with van der Waals surface area (Å²) in [4.78, 5) is 3.94. The molecular formula is C13H13N3O4S. The van der Waals surface area contributed by atoms with Gasteiger partial charge in [-0.3, -0.25) is 0 Å². The Morgan fingerprint density at radius 1 is 1.38 bits per heavy atom. The zero-order valence-corrected chi connectivity index (χ0v) is 12.0. The molecule has 2 N–H and O–H groups in total. The number of sulfonamides is 1. The van der Waals surface area contributed by atoms with E-state index in [-0.39, 0.29) is 23.9 Å². The van der Waals surface area contributed by atoms with E-state index in [1.54, 1.807) is 25.1 Å². The maximum Gasteiger partial charge on any atom is 0.242 e. The summed E-state index contributed by atoms with van der Waals surface area (Å²) in [6, 6.07) is 6.26. The molecule has 21 heavy (non-hydrogen) atoms. The van der Waals surface area contributed by atoms with Crippen LogP contribution in [0.2, 0.25) is 0 Å². The van der Waals surface area contributed by atoms with E-state index in [9.17, 15) is 8.42 Å². The van der Waals surface area contributed by atoms with Crippen molar-refractivity contribution in [2.45, 2.75) is 18.4 Å². The second-order valence-electron chi connectivity index (χ2n) is 4.02. The van der Waals surface area contributed by atoms with Crippen LogP contribution in [0.5, 0.6) is 0 Å². The number of aryl methyl sites for hydroxylation is 1. The molecule has 0 aliphatic carbocycles. The van der Waals surface area contributed by atoms with Gasteiger partial charge >= 0.3 is 0 Å². The highest BCUT2D eigenvalue weighted by Crippen LogP contribution is 2.14. The van der Waals surface area contributed by atoms with Crippen LogP contribution < -0.4 is 4.72 Å². The zero-order chi connectivity index (χ0) is 15.3. The Morgan fingerprint density at radius 2 is 2.14 bits per heavy atom. The second-order valence-corrected chi connectivity index (χ2v) is 5.75. The second kappa shape index (κ2) is 6.49. The van der Waals surface area contributed by atoms with Gasteiger partial charge in [-0.2, -0.15) is 4.98 Å². The molecule has 0 fully saturated rings. The molecule has 2 aromatic rings. The summed E-state index contributed by atoms with van der Waals surface area (Å²) >= 11 is 0. The van der Waals surface area contributed by atoms with E-state index < -0.39 is 10.0 Å². The summed E-state index contributed by atoms with van der Waals surface area (Å²) in [6.45, 7) is 1.19. The van der Waals surface area contributed by atoms with Crippen LogP contribution in [0, 0.1) is 18.8 Å². The van der Waals surface area contributed by atoms with Crippen LogP contribution in [0.25, 0.3) is 0 Å². The van der Waals surface area contributed by atoms with E-state index in [0.717, 1.165) is 0 Å². The fourth-order valence-corrected chi connectivity index (χ4v) is 2.72. The quantitative estimate of drug-likeness (QED) is 0.782. The third-order valence-corrected chi connectivity index (χ3v) is 3.92. The molecule has 8 heteroatoms. The summed E-state index contributed by atoms with van der Waals surface area (Å²) in [5.41, 5.74) is 0.306. The van der Waals surface area contributed by atoms with Gasteiger partial charge < -0.3 is 9.63 Å². The summed E-state index contributed by atoms with van der Waals surface area (Å²) in [5.74, 6) is 5.63. The van der Waals surface area contributed by atoms with Crippen LogP contribution in [-0.4, -0.2) is 30.3 Å². The van der Waals surface area contributed by atoms with E-state index >= 15 is 0 Å². The Bertz CT molecular complexity index is 787. The molecule has 0 radical (unpaired) electrons. The molecule has 0 bridgehead atoms. The molecule has 0 amide bonds. The lowest BCUT2D eigenvalue weighted by Crippen LogP contribution is -2.24. The van der Waals surface area contributed by atoms with Crippen LogP contribution in [0.1, 0.15) is 17.3 Å². The smallest absolute Gasteiger partial charge is 0.242 e. The Balaban J connectivity index is 2.23. The van der Waals surface area contributed by atoms with Crippen molar-refractivity contribution in [3.63, 3.8) is 0 Å². The lowest BCUT2D eigenvalue weighted by atomic mass is 10.2. The van der Waals surface area contributed by atoms with Crippen LogP contribution in [0.3, 0.4) is 0 Å². The number of aromatic nitrogens is 2. The molecule has 2 rings (SSSR count). The van der Waals surface area contributed by atoms with E-state index in [1.165, 1.54) is 6.07 Å². The number of hydrogen-bond acceptors (Lipinski definition) is 6. The average molecular weight is 307 g/mol. The first-order chi connectivity index (χ1) is 10.0.